The molecule has 2 aromatic carbocycles. The number of hydrogen-bond acceptors (Lipinski definition) is 3. The Morgan fingerprint density at radius 2 is 1.47 bits per heavy atom. The first-order chi connectivity index (χ1) is 16.3. The summed E-state index contributed by atoms with van der Waals surface area (Å²) in [7, 11) is 0. The van der Waals surface area contributed by atoms with Gasteiger partial charge in [0.1, 0.15) is 5.54 Å². The number of carbonyl (C=O) groups is 3. The van der Waals surface area contributed by atoms with Crippen LogP contribution in [-0.2, 0) is 28.9 Å². The van der Waals surface area contributed by atoms with Crippen LogP contribution < -0.4 is 4.90 Å². The van der Waals surface area contributed by atoms with Crippen molar-refractivity contribution >= 4 is 23.4 Å². The quantitative estimate of drug-likeness (QED) is 0.497. The monoisotopic (exact) mass is 460 g/mol. The second-order valence-corrected chi connectivity index (χ2v) is 9.92. The van der Waals surface area contributed by atoms with Gasteiger partial charge in [-0.15, -0.1) is 0 Å². The van der Waals surface area contributed by atoms with Gasteiger partial charge in [0, 0.05) is 12.1 Å². The fourth-order valence-electron chi connectivity index (χ4n) is 5.76. The van der Waals surface area contributed by atoms with Crippen molar-refractivity contribution in [1.82, 2.24) is 4.90 Å². The molecule has 0 atom stereocenters. The van der Waals surface area contributed by atoms with Crippen molar-refractivity contribution in [1.29, 1.82) is 0 Å². The zero-order valence-electron chi connectivity index (χ0n) is 20.9. The molecule has 1 spiro atoms. The molecule has 0 unspecified atom stereocenters. The highest BCUT2D eigenvalue weighted by Crippen LogP contribution is 2.43. The van der Waals surface area contributed by atoms with E-state index in [1.165, 1.54) is 21.6 Å². The van der Waals surface area contributed by atoms with E-state index in [9.17, 15) is 14.4 Å². The first-order valence-corrected chi connectivity index (χ1v) is 12.7. The highest BCUT2D eigenvalue weighted by molar-refractivity contribution is 6.18. The largest absolute Gasteiger partial charge is 0.332 e. The summed E-state index contributed by atoms with van der Waals surface area (Å²) >= 11 is 0. The first-order valence-electron chi connectivity index (χ1n) is 12.7. The summed E-state index contributed by atoms with van der Waals surface area (Å²) < 4.78 is 0. The Labute approximate surface area is 203 Å². The molecule has 2 fully saturated rings. The summed E-state index contributed by atoms with van der Waals surface area (Å²) in [5.41, 5.74) is 5.58. The minimum atomic E-state index is -0.863. The van der Waals surface area contributed by atoms with Crippen LogP contribution in [0.5, 0.6) is 0 Å². The summed E-state index contributed by atoms with van der Waals surface area (Å²) in [5.74, 6) is -0.298. The van der Waals surface area contributed by atoms with Gasteiger partial charge in [-0.25, -0.2) is 4.79 Å². The van der Waals surface area contributed by atoms with Crippen molar-refractivity contribution in [2.45, 2.75) is 84.6 Å². The lowest BCUT2D eigenvalue weighted by molar-refractivity contribution is -0.134. The molecule has 0 radical (unpaired) electrons. The lowest BCUT2D eigenvalue weighted by Gasteiger charge is -2.38. The van der Waals surface area contributed by atoms with Crippen molar-refractivity contribution in [3.05, 3.63) is 64.2 Å². The molecule has 4 rings (SSSR count). The highest BCUT2D eigenvalue weighted by atomic mass is 16.2. The average Bonchev–Trinajstić information content (AvgIpc) is 3.02. The molecule has 1 saturated heterocycles. The van der Waals surface area contributed by atoms with Gasteiger partial charge >= 0.3 is 6.03 Å². The molecule has 1 aliphatic carbocycles. The number of nitrogens with zero attached hydrogens (tertiary/aromatic N) is 2. The van der Waals surface area contributed by atoms with Gasteiger partial charge in [0.05, 0.1) is 6.54 Å². The van der Waals surface area contributed by atoms with Gasteiger partial charge in [-0.1, -0.05) is 68.5 Å². The molecule has 5 heteroatoms. The van der Waals surface area contributed by atoms with E-state index in [1.54, 1.807) is 4.90 Å². The van der Waals surface area contributed by atoms with Gasteiger partial charge in [-0.2, -0.15) is 0 Å². The Balaban J connectivity index is 1.62. The Morgan fingerprint density at radius 3 is 2.03 bits per heavy atom. The third kappa shape index (κ3) is 4.28. The van der Waals surface area contributed by atoms with Crippen LogP contribution in [-0.4, -0.2) is 34.7 Å². The number of benzene rings is 2. The number of hydrogen-bond donors (Lipinski definition) is 0. The molecule has 1 aliphatic heterocycles. The normalized spacial score (nSPS) is 17.6. The van der Waals surface area contributed by atoms with E-state index >= 15 is 0 Å². The fraction of sp³-hybridized carbons (Fsp3) is 0.483. The molecule has 0 N–H and O–H groups in total. The number of aryl methyl sites for hydroxylation is 4. The maximum atomic E-state index is 13.7. The Kier molecular flexibility index (Phi) is 6.92. The van der Waals surface area contributed by atoms with Gasteiger partial charge < -0.3 is 0 Å². The Morgan fingerprint density at radius 1 is 0.882 bits per heavy atom. The number of anilines is 1. The van der Waals surface area contributed by atoms with E-state index in [-0.39, 0.29) is 30.7 Å². The molecule has 2 aliphatic rings. The minimum Gasteiger partial charge on any atom is -0.297 e. The fourth-order valence-corrected chi connectivity index (χ4v) is 5.76. The topological polar surface area (TPSA) is 57.7 Å². The van der Waals surface area contributed by atoms with Crippen LogP contribution in [0.3, 0.4) is 0 Å². The zero-order valence-corrected chi connectivity index (χ0v) is 20.9. The molecule has 1 saturated carbocycles. The van der Waals surface area contributed by atoms with Gasteiger partial charge in [-0.3, -0.25) is 19.4 Å². The number of rotatable bonds is 7. The molecular formula is C29H36N2O3. The van der Waals surface area contributed by atoms with Crippen molar-refractivity contribution in [2.75, 3.05) is 11.4 Å². The molecule has 1 heterocycles. The van der Waals surface area contributed by atoms with Crippen LogP contribution >= 0.6 is 0 Å². The lowest BCUT2D eigenvalue weighted by atomic mass is 9.80. The molecule has 0 aromatic heterocycles. The maximum Gasteiger partial charge on any atom is 0.332 e. The van der Waals surface area contributed by atoms with Crippen LogP contribution in [0.25, 0.3) is 0 Å². The average molecular weight is 461 g/mol. The summed E-state index contributed by atoms with van der Waals surface area (Å²) in [6.07, 6.45) is 6.13. The second kappa shape index (κ2) is 9.73. The second-order valence-electron chi connectivity index (χ2n) is 9.92. The van der Waals surface area contributed by atoms with Crippen molar-refractivity contribution in [3.63, 3.8) is 0 Å². The summed E-state index contributed by atoms with van der Waals surface area (Å²) in [6, 6.07) is 11.7. The van der Waals surface area contributed by atoms with Crippen LogP contribution in [0.15, 0.2) is 36.4 Å². The SMILES string of the molecule is CCc1cc(C)cc(CC)c1CC(=O)CN1C(=O)N(c2ccc(C)cc2)C2(CCCCC2)C1=O. The number of imide groups is 1. The Bertz CT molecular complexity index is 1070. The van der Waals surface area contributed by atoms with E-state index in [4.69, 9.17) is 0 Å². The molecule has 34 heavy (non-hydrogen) atoms. The summed E-state index contributed by atoms with van der Waals surface area (Å²) in [6.45, 7) is 8.11. The van der Waals surface area contributed by atoms with E-state index in [0.717, 1.165) is 48.9 Å². The number of carbonyl (C=O) groups excluding carboxylic acids is 3. The van der Waals surface area contributed by atoms with Crippen LogP contribution in [0, 0.1) is 13.8 Å². The van der Waals surface area contributed by atoms with Gasteiger partial charge in [0.2, 0.25) is 0 Å². The van der Waals surface area contributed by atoms with Crippen LogP contribution in [0.1, 0.15) is 73.8 Å². The predicted molar refractivity (Wildman–Crippen MR) is 135 cm³/mol. The predicted octanol–water partition coefficient (Wildman–Crippen LogP) is 5.71. The molecule has 2 aromatic rings. The van der Waals surface area contributed by atoms with Crippen LogP contribution in [0.4, 0.5) is 10.5 Å². The lowest BCUT2D eigenvalue weighted by Crippen LogP contribution is -2.51. The molecular weight excluding hydrogens is 424 g/mol. The Hall–Kier alpha value is -2.95. The number of urea groups is 1. The molecule has 5 nitrogen and oxygen atoms in total. The van der Waals surface area contributed by atoms with E-state index in [0.29, 0.717) is 12.8 Å². The summed E-state index contributed by atoms with van der Waals surface area (Å²) in [5, 5.41) is 0. The third-order valence-electron chi connectivity index (χ3n) is 7.52. The van der Waals surface area contributed by atoms with Crippen LogP contribution in [0.2, 0.25) is 0 Å². The summed E-state index contributed by atoms with van der Waals surface area (Å²) in [4.78, 5) is 43.5. The standard InChI is InChI=1S/C29H36N2O3/c1-5-22-16-21(4)17-23(6-2)26(22)18-25(32)19-30-27(33)29(14-8-7-9-15-29)31(28(30)34)24-12-10-20(3)11-13-24/h10-13,16-17H,5-9,14-15,18-19H2,1-4H3. The molecule has 3 amide bonds. The smallest absolute Gasteiger partial charge is 0.297 e. The van der Waals surface area contributed by atoms with Gasteiger partial charge in [0.25, 0.3) is 5.91 Å². The van der Waals surface area contributed by atoms with Crippen molar-refractivity contribution < 1.29 is 14.4 Å². The zero-order chi connectivity index (χ0) is 24.5. The van der Waals surface area contributed by atoms with Crippen molar-refractivity contribution in [3.8, 4) is 0 Å². The molecule has 180 valence electrons. The molecule has 0 bridgehead atoms. The van der Waals surface area contributed by atoms with E-state index in [2.05, 4.69) is 32.9 Å². The first kappa shape index (κ1) is 24.2. The van der Waals surface area contributed by atoms with Gasteiger partial charge in [0.15, 0.2) is 5.78 Å². The number of Topliss-reactive ketones (excluding diaryl/α,β-unsaturated/α-hetero) is 1. The maximum absolute atomic E-state index is 13.7. The van der Waals surface area contributed by atoms with Gasteiger partial charge in [-0.05, 0) is 68.4 Å². The van der Waals surface area contributed by atoms with Crippen molar-refractivity contribution in [2.24, 2.45) is 0 Å². The minimum absolute atomic E-state index is 0.0910. The third-order valence-corrected chi connectivity index (χ3v) is 7.52. The number of ketones is 1. The van der Waals surface area contributed by atoms with E-state index in [1.807, 2.05) is 31.2 Å². The van der Waals surface area contributed by atoms with E-state index < -0.39 is 5.54 Å². The highest BCUT2D eigenvalue weighted by Gasteiger charge is 2.58. The number of amides is 3.